The number of rotatable bonds is 3. The van der Waals surface area contributed by atoms with E-state index in [1.807, 2.05) is 24.3 Å². The average Bonchev–Trinajstić information content (AvgIpc) is 3.12. The lowest BCUT2D eigenvalue weighted by Crippen LogP contribution is -2.38. The number of nitrogens with zero attached hydrogens (tertiary/aromatic N) is 3. The highest BCUT2D eigenvalue weighted by Gasteiger charge is 2.27. The first kappa shape index (κ1) is 17.5. The summed E-state index contributed by atoms with van der Waals surface area (Å²) in [7, 11) is 0. The first-order valence-electron chi connectivity index (χ1n) is 8.71. The summed E-state index contributed by atoms with van der Waals surface area (Å²) in [6, 6.07) is 12.1. The van der Waals surface area contributed by atoms with Crippen LogP contribution in [-0.2, 0) is 0 Å². The van der Waals surface area contributed by atoms with E-state index in [-0.39, 0.29) is 28.1 Å². The minimum atomic E-state index is -0.576. The summed E-state index contributed by atoms with van der Waals surface area (Å²) in [6.45, 7) is 1.16. The van der Waals surface area contributed by atoms with E-state index in [1.165, 1.54) is 18.2 Å². The first-order valence-corrected chi connectivity index (χ1v) is 9.08. The highest BCUT2D eigenvalue weighted by molar-refractivity contribution is 6.32. The standard InChI is InChI=1S/C19H17ClN4O3/c20-14-6-5-13(11-17(14)24(26)27)19(25)23-9-7-12(8-10-23)18-21-15-3-1-2-4-16(15)22-18/h1-6,11-12H,7-10H2,(H,21,22). The number of likely N-dealkylation sites (tertiary alicyclic amines) is 1. The zero-order valence-corrected chi connectivity index (χ0v) is 15.1. The quantitative estimate of drug-likeness (QED) is 0.542. The molecule has 2 heterocycles. The number of imidazole rings is 1. The molecule has 0 aliphatic carbocycles. The second-order valence-electron chi connectivity index (χ2n) is 6.63. The van der Waals surface area contributed by atoms with Crippen LogP contribution in [0.1, 0.15) is 34.9 Å². The van der Waals surface area contributed by atoms with Crippen molar-refractivity contribution in [3.63, 3.8) is 0 Å². The maximum Gasteiger partial charge on any atom is 0.288 e. The number of piperidine rings is 1. The summed E-state index contributed by atoms with van der Waals surface area (Å²) < 4.78 is 0. The second kappa shape index (κ2) is 7.00. The minimum Gasteiger partial charge on any atom is -0.342 e. The van der Waals surface area contributed by atoms with Crippen molar-refractivity contribution in [3.05, 3.63) is 69.0 Å². The van der Waals surface area contributed by atoms with Gasteiger partial charge in [-0.1, -0.05) is 23.7 Å². The third kappa shape index (κ3) is 3.38. The molecule has 7 nitrogen and oxygen atoms in total. The van der Waals surface area contributed by atoms with Gasteiger partial charge in [0.2, 0.25) is 0 Å². The number of hydrogen-bond donors (Lipinski definition) is 1. The molecule has 4 rings (SSSR count). The van der Waals surface area contributed by atoms with Gasteiger partial charge >= 0.3 is 0 Å². The zero-order chi connectivity index (χ0) is 19.0. The van der Waals surface area contributed by atoms with Gasteiger partial charge in [0, 0.05) is 30.6 Å². The fourth-order valence-electron chi connectivity index (χ4n) is 3.49. The van der Waals surface area contributed by atoms with E-state index in [1.54, 1.807) is 4.90 Å². The summed E-state index contributed by atoms with van der Waals surface area (Å²) in [6.07, 6.45) is 1.59. The van der Waals surface area contributed by atoms with Crippen LogP contribution < -0.4 is 0 Å². The molecule has 0 saturated carbocycles. The predicted octanol–water partition coefficient (Wildman–Crippen LogP) is 4.14. The van der Waals surface area contributed by atoms with E-state index in [9.17, 15) is 14.9 Å². The molecule has 0 spiro atoms. The number of benzene rings is 2. The van der Waals surface area contributed by atoms with E-state index < -0.39 is 4.92 Å². The van der Waals surface area contributed by atoms with Gasteiger partial charge < -0.3 is 9.88 Å². The molecule has 1 amide bonds. The number of aromatic nitrogens is 2. The topological polar surface area (TPSA) is 92.1 Å². The van der Waals surface area contributed by atoms with Crippen LogP contribution >= 0.6 is 11.6 Å². The van der Waals surface area contributed by atoms with Crippen molar-refractivity contribution in [3.8, 4) is 0 Å². The van der Waals surface area contributed by atoms with Crippen LogP contribution in [0.5, 0.6) is 0 Å². The molecule has 0 unspecified atom stereocenters. The van der Waals surface area contributed by atoms with Crippen molar-refractivity contribution in [2.75, 3.05) is 13.1 Å². The number of nitro groups is 1. The molecule has 1 saturated heterocycles. The van der Waals surface area contributed by atoms with Crippen LogP contribution in [0.2, 0.25) is 5.02 Å². The van der Waals surface area contributed by atoms with Gasteiger partial charge in [0.25, 0.3) is 11.6 Å². The summed E-state index contributed by atoms with van der Waals surface area (Å²) in [5.41, 5.74) is 1.99. The lowest BCUT2D eigenvalue weighted by molar-refractivity contribution is -0.384. The van der Waals surface area contributed by atoms with Gasteiger partial charge in [-0.2, -0.15) is 0 Å². The van der Waals surface area contributed by atoms with Crippen molar-refractivity contribution in [1.82, 2.24) is 14.9 Å². The maximum absolute atomic E-state index is 12.7. The Labute approximate surface area is 160 Å². The fraction of sp³-hybridized carbons (Fsp3) is 0.263. The highest BCUT2D eigenvalue weighted by atomic mass is 35.5. The number of aromatic amines is 1. The SMILES string of the molecule is O=C(c1ccc(Cl)c([N+](=O)[O-])c1)N1CCC(c2nc3ccccc3[nH]2)CC1. The number of amides is 1. The number of fused-ring (bicyclic) bond motifs is 1. The second-order valence-corrected chi connectivity index (χ2v) is 7.04. The number of carbonyl (C=O) groups is 1. The van der Waals surface area contributed by atoms with Crippen LogP contribution in [0.25, 0.3) is 11.0 Å². The van der Waals surface area contributed by atoms with Gasteiger partial charge in [-0.05, 0) is 37.1 Å². The summed E-state index contributed by atoms with van der Waals surface area (Å²) in [5.74, 6) is 1.00. The van der Waals surface area contributed by atoms with Crippen LogP contribution in [-0.4, -0.2) is 38.8 Å². The van der Waals surface area contributed by atoms with Gasteiger partial charge in [0.05, 0.1) is 16.0 Å². The number of para-hydroxylation sites is 2. The highest BCUT2D eigenvalue weighted by Crippen LogP contribution is 2.30. The Morgan fingerprint density at radius 3 is 2.67 bits per heavy atom. The Balaban J connectivity index is 1.46. The lowest BCUT2D eigenvalue weighted by atomic mass is 9.95. The molecule has 2 aromatic carbocycles. The minimum absolute atomic E-state index is 0.0279. The van der Waals surface area contributed by atoms with E-state index in [0.29, 0.717) is 13.1 Å². The van der Waals surface area contributed by atoms with Crippen LogP contribution in [0, 0.1) is 10.1 Å². The molecule has 8 heteroatoms. The Kier molecular flexibility index (Phi) is 4.53. The molecule has 0 bridgehead atoms. The van der Waals surface area contributed by atoms with E-state index in [4.69, 9.17) is 11.6 Å². The average molecular weight is 385 g/mol. The summed E-state index contributed by atoms with van der Waals surface area (Å²) >= 11 is 5.83. The Morgan fingerprint density at radius 2 is 1.96 bits per heavy atom. The van der Waals surface area contributed by atoms with E-state index >= 15 is 0 Å². The summed E-state index contributed by atoms with van der Waals surface area (Å²) in [4.78, 5) is 32.9. The Hall–Kier alpha value is -2.93. The molecule has 0 radical (unpaired) electrons. The van der Waals surface area contributed by atoms with Gasteiger partial charge in [-0.15, -0.1) is 0 Å². The zero-order valence-electron chi connectivity index (χ0n) is 14.4. The normalized spacial score (nSPS) is 15.2. The molecule has 138 valence electrons. The molecule has 1 aliphatic heterocycles. The van der Waals surface area contributed by atoms with Crippen molar-refractivity contribution < 1.29 is 9.72 Å². The Morgan fingerprint density at radius 1 is 1.22 bits per heavy atom. The van der Waals surface area contributed by atoms with Crippen molar-refractivity contribution in [2.24, 2.45) is 0 Å². The molecule has 27 heavy (non-hydrogen) atoms. The molecule has 1 fully saturated rings. The number of hydrogen-bond acceptors (Lipinski definition) is 4. The smallest absolute Gasteiger partial charge is 0.288 e. The first-order chi connectivity index (χ1) is 13.0. The fourth-order valence-corrected chi connectivity index (χ4v) is 3.68. The molecule has 0 atom stereocenters. The molecule has 1 aromatic heterocycles. The van der Waals surface area contributed by atoms with Crippen molar-refractivity contribution in [2.45, 2.75) is 18.8 Å². The lowest BCUT2D eigenvalue weighted by Gasteiger charge is -2.31. The van der Waals surface area contributed by atoms with Crippen LogP contribution in [0.15, 0.2) is 42.5 Å². The largest absolute Gasteiger partial charge is 0.342 e. The van der Waals surface area contributed by atoms with Crippen molar-refractivity contribution in [1.29, 1.82) is 0 Å². The molecular weight excluding hydrogens is 368 g/mol. The number of H-pyrrole nitrogens is 1. The van der Waals surface area contributed by atoms with E-state index in [0.717, 1.165) is 29.7 Å². The van der Waals surface area contributed by atoms with Crippen LogP contribution in [0.3, 0.4) is 0 Å². The molecule has 3 aromatic rings. The number of halogens is 1. The maximum atomic E-state index is 12.7. The molecule has 1 aliphatic rings. The Bertz CT molecular complexity index is 992. The van der Waals surface area contributed by atoms with Gasteiger partial charge in [0.1, 0.15) is 10.8 Å². The van der Waals surface area contributed by atoms with Crippen molar-refractivity contribution >= 4 is 34.2 Å². The molecule has 1 N–H and O–H groups in total. The van der Waals surface area contributed by atoms with E-state index in [2.05, 4.69) is 9.97 Å². The molecular formula is C19H17ClN4O3. The number of nitro benzene ring substituents is 1. The van der Waals surface area contributed by atoms with Gasteiger partial charge in [-0.25, -0.2) is 4.98 Å². The third-order valence-corrected chi connectivity index (χ3v) is 5.29. The van der Waals surface area contributed by atoms with Crippen LogP contribution in [0.4, 0.5) is 5.69 Å². The predicted molar refractivity (Wildman–Crippen MR) is 102 cm³/mol. The monoisotopic (exact) mass is 384 g/mol. The summed E-state index contributed by atoms with van der Waals surface area (Å²) in [5, 5.41) is 11.1. The van der Waals surface area contributed by atoms with Gasteiger partial charge in [0.15, 0.2) is 0 Å². The third-order valence-electron chi connectivity index (χ3n) is 4.97. The number of nitrogens with one attached hydrogen (secondary N) is 1. The van der Waals surface area contributed by atoms with Gasteiger partial charge in [-0.3, -0.25) is 14.9 Å². The number of carbonyl (C=O) groups excluding carboxylic acids is 1.